The summed E-state index contributed by atoms with van der Waals surface area (Å²) in [7, 11) is 0. The molecule has 0 aliphatic carbocycles. The normalized spacial score (nSPS) is 15.7. The van der Waals surface area contributed by atoms with E-state index < -0.39 is 0 Å². The van der Waals surface area contributed by atoms with Gasteiger partial charge in [-0.1, -0.05) is 31.2 Å². The predicted octanol–water partition coefficient (Wildman–Crippen LogP) is 4.11. The van der Waals surface area contributed by atoms with Crippen molar-refractivity contribution < 1.29 is 23.5 Å². The maximum Gasteiger partial charge on any atom is 0.310 e. The van der Waals surface area contributed by atoms with Gasteiger partial charge in [-0.2, -0.15) is 0 Å². The molecule has 1 aliphatic rings. The Hall–Kier alpha value is -3.22. The summed E-state index contributed by atoms with van der Waals surface area (Å²) in [5, 5.41) is 0. The van der Waals surface area contributed by atoms with Crippen LogP contribution in [0.5, 0.6) is 0 Å². The molecule has 2 amide bonds. The molecule has 1 atom stereocenters. The Bertz CT molecular complexity index is 959. The smallest absolute Gasteiger partial charge is 0.310 e. The van der Waals surface area contributed by atoms with Crippen LogP contribution in [-0.2, 0) is 32.1 Å². The van der Waals surface area contributed by atoms with Gasteiger partial charge in [0.15, 0.2) is 0 Å². The number of carbonyl (C=O) groups excluding carboxylic acids is 3. The van der Waals surface area contributed by atoms with Gasteiger partial charge in [0.25, 0.3) is 0 Å². The van der Waals surface area contributed by atoms with Crippen LogP contribution in [0.25, 0.3) is 0 Å². The van der Waals surface area contributed by atoms with Crippen molar-refractivity contribution in [1.82, 2.24) is 4.90 Å². The van der Waals surface area contributed by atoms with Crippen molar-refractivity contribution in [2.24, 2.45) is 5.92 Å². The van der Waals surface area contributed by atoms with Crippen molar-refractivity contribution in [1.29, 1.82) is 0 Å². The lowest BCUT2D eigenvalue weighted by atomic mass is 9.97. The Morgan fingerprint density at radius 1 is 1.03 bits per heavy atom. The van der Waals surface area contributed by atoms with Gasteiger partial charge in [0.2, 0.25) is 11.8 Å². The summed E-state index contributed by atoms with van der Waals surface area (Å²) < 4.78 is 18.3. The van der Waals surface area contributed by atoms with E-state index in [1.54, 1.807) is 35.8 Å². The molecular weight excluding hydrogens is 423 g/mol. The second-order valence-electron chi connectivity index (χ2n) is 8.23. The van der Waals surface area contributed by atoms with Crippen molar-refractivity contribution in [3.05, 3.63) is 65.5 Å². The summed E-state index contributed by atoms with van der Waals surface area (Å²) in [4.78, 5) is 40.8. The standard InChI is InChI=1S/C26H31FN2O4/c1-3-24(30)29(17-20-7-11-22(27)12-8-20)23-13-9-19(10-14-23)16-25(31)28-15-5-6-21(18-28)26(32)33-4-2/h7-14,21H,3-6,15-18H2,1-2H3. The minimum absolute atomic E-state index is 0.0236. The van der Waals surface area contributed by atoms with Crippen molar-refractivity contribution in [3.8, 4) is 0 Å². The number of ether oxygens (including phenoxy) is 1. The fourth-order valence-corrected chi connectivity index (χ4v) is 4.02. The molecule has 0 saturated carbocycles. The second kappa shape index (κ2) is 11.6. The summed E-state index contributed by atoms with van der Waals surface area (Å²) in [6.07, 6.45) is 2.10. The first-order valence-corrected chi connectivity index (χ1v) is 11.5. The first-order valence-electron chi connectivity index (χ1n) is 11.5. The number of hydrogen-bond acceptors (Lipinski definition) is 4. The molecule has 0 N–H and O–H groups in total. The lowest BCUT2D eigenvalue weighted by Crippen LogP contribution is -2.43. The molecule has 6 nitrogen and oxygen atoms in total. The summed E-state index contributed by atoms with van der Waals surface area (Å²) in [5.41, 5.74) is 2.40. The number of nitrogens with zero attached hydrogens (tertiary/aromatic N) is 2. The lowest BCUT2D eigenvalue weighted by Gasteiger charge is -2.31. The first-order chi connectivity index (χ1) is 15.9. The van der Waals surface area contributed by atoms with Crippen LogP contribution in [0.1, 0.15) is 44.2 Å². The van der Waals surface area contributed by atoms with Crippen LogP contribution in [0.3, 0.4) is 0 Å². The molecule has 0 aromatic heterocycles. The zero-order valence-corrected chi connectivity index (χ0v) is 19.3. The van der Waals surface area contributed by atoms with Crippen LogP contribution >= 0.6 is 0 Å². The van der Waals surface area contributed by atoms with Gasteiger partial charge >= 0.3 is 5.97 Å². The summed E-state index contributed by atoms with van der Waals surface area (Å²) in [6.45, 7) is 5.30. The molecule has 1 unspecified atom stereocenters. The van der Waals surface area contributed by atoms with E-state index in [0.29, 0.717) is 32.7 Å². The lowest BCUT2D eigenvalue weighted by molar-refractivity contribution is -0.151. The van der Waals surface area contributed by atoms with Crippen LogP contribution in [0.2, 0.25) is 0 Å². The Labute approximate surface area is 194 Å². The predicted molar refractivity (Wildman–Crippen MR) is 124 cm³/mol. The summed E-state index contributed by atoms with van der Waals surface area (Å²) in [6, 6.07) is 13.5. The molecule has 3 rings (SSSR count). The topological polar surface area (TPSA) is 66.9 Å². The zero-order chi connectivity index (χ0) is 23.8. The number of piperidine rings is 1. The number of benzene rings is 2. The van der Waals surface area contributed by atoms with E-state index >= 15 is 0 Å². The SMILES string of the molecule is CCOC(=O)C1CCCN(C(=O)Cc2ccc(N(Cc3ccc(F)cc3)C(=O)CC)cc2)C1. The molecule has 33 heavy (non-hydrogen) atoms. The maximum absolute atomic E-state index is 13.2. The van der Waals surface area contributed by atoms with Gasteiger partial charge in [-0.3, -0.25) is 14.4 Å². The molecule has 2 aromatic rings. The highest BCUT2D eigenvalue weighted by molar-refractivity contribution is 5.93. The van der Waals surface area contributed by atoms with Crippen molar-refractivity contribution in [3.63, 3.8) is 0 Å². The highest BCUT2D eigenvalue weighted by atomic mass is 19.1. The van der Waals surface area contributed by atoms with E-state index in [1.807, 2.05) is 24.3 Å². The molecular formula is C26H31FN2O4. The van der Waals surface area contributed by atoms with Gasteiger partial charge in [-0.15, -0.1) is 0 Å². The van der Waals surface area contributed by atoms with Crippen LogP contribution < -0.4 is 4.90 Å². The molecule has 0 radical (unpaired) electrons. The Morgan fingerprint density at radius 3 is 2.33 bits per heavy atom. The third-order valence-corrected chi connectivity index (χ3v) is 5.85. The van der Waals surface area contributed by atoms with Gasteiger partial charge in [-0.25, -0.2) is 4.39 Å². The van der Waals surface area contributed by atoms with E-state index in [4.69, 9.17) is 4.74 Å². The van der Waals surface area contributed by atoms with E-state index in [9.17, 15) is 18.8 Å². The maximum atomic E-state index is 13.2. The van der Waals surface area contributed by atoms with E-state index in [2.05, 4.69) is 0 Å². The monoisotopic (exact) mass is 454 g/mol. The van der Waals surface area contributed by atoms with Gasteiger partial charge in [-0.05, 0) is 55.2 Å². The molecule has 7 heteroatoms. The third-order valence-electron chi connectivity index (χ3n) is 5.85. The first kappa shape index (κ1) is 24.4. The fourth-order valence-electron chi connectivity index (χ4n) is 4.02. The third kappa shape index (κ3) is 6.63. The van der Waals surface area contributed by atoms with E-state index in [0.717, 1.165) is 29.7 Å². The Morgan fingerprint density at radius 2 is 1.70 bits per heavy atom. The van der Waals surface area contributed by atoms with Gasteiger partial charge in [0.1, 0.15) is 5.82 Å². The van der Waals surface area contributed by atoms with Gasteiger partial charge < -0.3 is 14.5 Å². The minimum Gasteiger partial charge on any atom is -0.466 e. The number of amides is 2. The molecule has 176 valence electrons. The number of rotatable bonds is 8. The van der Waals surface area contributed by atoms with E-state index in [-0.39, 0.29) is 35.9 Å². The minimum atomic E-state index is -0.316. The molecule has 0 bridgehead atoms. The molecule has 1 saturated heterocycles. The van der Waals surface area contributed by atoms with Crippen LogP contribution in [0.4, 0.5) is 10.1 Å². The molecule has 1 heterocycles. The number of halogens is 1. The Balaban J connectivity index is 1.65. The van der Waals surface area contributed by atoms with E-state index in [1.165, 1.54) is 12.1 Å². The summed E-state index contributed by atoms with van der Waals surface area (Å²) >= 11 is 0. The van der Waals surface area contributed by atoms with Crippen LogP contribution in [-0.4, -0.2) is 42.4 Å². The van der Waals surface area contributed by atoms with Crippen molar-refractivity contribution >= 4 is 23.5 Å². The van der Waals surface area contributed by atoms with Gasteiger partial charge in [0, 0.05) is 25.2 Å². The molecule has 1 fully saturated rings. The fraction of sp³-hybridized carbons (Fsp3) is 0.423. The van der Waals surface area contributed by atoms with Crippen molar-refractivity contribution in [2.45, 2.75) is 46.1 Å². The van der Waals surface area contributed by atoms with Crippen LogP contribution in [0, 0.1) is 11.7 Å². The largest absolute Gasteiger partial charge is 0.466 e. The quantitative estimate of drug-likeness (QED) is 0.563. The molecule has 2 aromatic carbocycles. The Kier molecular flexibility index (Phi) is 8.58. The number of hydrogen-bond donors (Lipinski definition) is 0. The number of carbonyl (C=O) groups is 3. The number of likely N-dealkylation sites (tertiary alicyclic amines) is 1. The zero-order valence-electron chi connectivity index (χ0n) is 19.3. The summed E-state index contributed by atoms with van der Waals surface area (Å²) in [5.74, 6) is -0.874. The second-order valence-corrected chi connectivity index (χ2v) is 8.23. The number of esters is 1. The highest BCUT2D eigenvalue weighted by Crippen LogP contribution is 2.22. The van der Waals surface area contributed by atoms with Crippen molar-refractivity contribution in [2.75, 3.05) is 24.6 Å². The molecule has 0 spiro atoms. The van der Waals surface area contributed by atoms with Crippen LogP contribution in [0.15, 0.2) is 48.5 Å². The highest BCUT2D eigenvalue weighted by Gasteiger charge is 2.29. The average Bonchev–Trinajstić information content (AvgIpc) is 2.84. The molecule has 1 aliphatic heterocycles. The van der Waals surface area contributed by atoms with Gasteiger partial charge in [0.05, 0.1) is 25.5 Å². The average molecular weight is 455 g/mol. The number of anilines is 1.